The predicted octanol–water partition coefficient (Wildman–Crippen LogP) is 0.598. The van der Waals surface area contributed by atoms with Crippen molar-refractivity contribution in [3.8, 4) is 0 Å². The van der Waals surface area contributed by atoms with E-state index < -0.39 is 28.1 Å². The molecule has 1 aromatic rings. The summed E-state index contributed by atoms with van der Waals surface area (Å²) in [6, 6.07) is 1.56. The summed E-state index contributed by atoms with van der Waals surface area (Å²) in [6.45, 7) is -0.0268. The quantitative estimate of drug-likeness (QED) is 0.816. The summed E-state index contributed by atoms with van der Waals surface area (Å²) < 4.78 is 31.0. The Labute approximate surface area is 121 Å². The van der Waals surface area contributed by atoms with Gasteiger partial charge in [-0.3, -0.25) is 4.79 Å². The number of sulfonamides is 1. The first kappa shape index (κ1) is 15.2. The molecule has 2 atom stereocenters. The highest BCUT2D eigenvalue weighted by atomic mass is 35.5. The summed E-state index contributed by atoms with van der Waals surface area (Å²) in [5, 5.41) is 8.98. The second kappa shape index (κ2) is 5.65. The number of carbonyl (C=O) groups is 1. The number of halogens is 1. The number of aromatic nitrogens is 1. The molecule has 0 spiro atoms. The number of carboxylic acids is 1. The first-order valence-electron chi connectivity index (χ1n) is 5.76. The maximum absolute atomic E-state index is 12.5. The molecule has 0 aromatic carbocycles. The number of hydrogen-bond donors (Lipinski definition) is 1. The molecule has 2 unspecified atom stereocenters. The minimum Gasteiger partial charge on any atom is -0.480 e. The molecule has 1 aliphatic heterocycles. The van der Waals surface area contributed by atoms with E-state index in [0.29, 0.717) is 0 Å². The average molecular weight is 321 g/mol. The SMILES string of the molecule is COC1CC(C(=O)O)N(S(=O)(=O)c2cccnc2Cl)C1. The molecule has 1 aromatic heterocycles. The van der Waals surface area contributed by atoms with Crippen LogP contribution >= 0.6 is 11.6 Å². The predicted molar refractivity (Wildman–Crippen MR) is 70.0 cm³/mol. The van der Waals surface area contributed by atoms with Crippen molar-refractivity contribution in [3.63, 3.8) is 0 Å². The first-order chi connectivity index (χ1) is 9.37. The third kappa shape index (κ3) is 2.64. The van der Waals surface area contributed by atoms with Crippen LogP contribution in [0.15, 0.2) is 23.2 Å². The molecule has 1 aliphatic rings. The molecule has 9 heteroatoms. The molecule has 110 valence electrons. The van der Waals surface area contributed by atoms with Crippen molar-refractivity contribution >= 4 is 27.6 Å². The van der Waals surface area contributed by atoms with Crippen LogP contribution in [0.3, 0.4) is 0 Å². The van der Waals surface area contributed by atoms with Gasteiger partial charge in [-0.1, -0.05) is 11.6 Å². The molecule has 1 fully saturated rings. The number of rotatable bonds is 4. The lowest BCUT2D eigenvalue weighted by molar-refractivity contribution is -0.140. The van der Waals surface area contributed by atoms with Crippen LogP contribution < -0.4 is 0 Å². The van der Waals surface area contributed by atoms with Gasteiger partial charge in [0, 0.05) is 26.3 Å². The lowest BCUT2D eigenvalue weighted by Crippen LogP contribution is -2.40. The maximum atomic E-state index is 12.5. The number of nitrogens with zero attached hydrogens (tertiary/aromatic N) is 2. The summed E-state index contributed by atoms with van der Waals surface area (Å²) in [7, 11) is -2.62. The second-order valence-electron chi connectivity index (χ2n) is 4.31. The van der Waals surface area contributed by atoms with Crippen LogP contribution in [-0.4, -0.2) is 54.6 Å². The Morgan fingerprint density at radius 3 is 2.85 bits per heavy atom. The summed E-state index contributed by atoms with van der Waals surface area (Å²) >= 11 is 5.79. The Kier molecular flexibility index (Phi) is 4.28. The van der Waals surface area contributed by atoms with Gasteiger partial charge in [-0.15, -0.1) is 0 Å². The van der Waals surface area contributed by atoms with Gasteiger partial charge in [-0.05, 0) is 12.1 Å². The molecule has 20 heavy (non-hydrogen) atoms. The van der Waals surface area contributed by atoms with Crippen molar-refractivity contribution in [2.45, 2.75) is 23.5 Å². The molecule has 1 saturated heterocycles. The third-order valence-electron chi connectivity index (χ3n) is 3.15. The third-order valence-corrected chi connectivity index (χ3v) is 5.47. The van der Waals surface area contributed by atoms with Crippen LogP contribution in [0, 0.1) is 0 Å². The summed E-state index contributed by atoms with van der Waals surface area (Å²) in [4.78, 5) is 14.7. The summed E-state index contributed by atoms with van der Waals surface area (Å²) in [5.74, 6) is -1.21. The Bertz CT molecular complexity index is 621. The Morgan fingerprint density at radius 2 is 2.30 bits per heavy atom. The number of ether oxygens (including phenoxy) is 1. The van der Waals surface area contributed by atoms with Crippen molar-refractivity contribution in [1.82, 2.24) is 9.29 Å². The van der Waals surface area contributed by atoms with Crippen LogP contribution in [0.4, 0.5) is 0 Å². The van der Waals surface area contributed by atoms with E-state index in [2.05, 4.69) is 4.98 Å². The normalized spacial score (nSPS) is 23.9. The molecular weight excluding hydrogens is 308 g/mol. The van der Waals surface area contributed by atoms with Gasteiger partial charge in [0.15, 0.2) is 0 Å². The van der Waals surface area contributed by atoms with Gasteiger partial charge in [-0.25, -0.2) is 13.4 Å². The Morgan fingerprint density at radius 1 is 1.60 bits per heavy atom. The van der Waals surface area contributed by atoms with Gasteiger partial charge >= 0.3 is 5.97 Å². The lowest BCUT2D eigenvalue weighted by Gasteiger charge is -2.20. The van der Waals surface area contributed by atoms with Gasteiger partial charge in [0.25, 0.3) is 0 Å². The van der Waals surface area contributed by atoms with Gasteiger partial charge in [0.1, 0.15) is 16.1 Å². The Balaban J connectivity index is 2.43. The van der Waals surface area contributed by atoms with Crippen LogP contribution in [0.2, 0.25) is 5.15 Å². The molecule has 0 saturated carbocycles. The molecule has 7 nitrogen and oxygen atoms in total. The van der Waals surface area contributed by atoms with Crippen LogP contribution in [0.5, 0.6) is 0 Å². The zero-order valence-corrected chi connectivity index (χ0v) is 12.1. The van der Waals surface area contributed by atoms with Gasteiger partial charge in [0.05, 0.1) is 6.10 Å². The van der Waals surface area contributed by atoms with E-state index in [-0.39, 0.29) is 23.0 Å². The Hall–Kier alpha value is -1.22. The van der Waals surface area contributed by atoms with Crippen molar-refractivity contribution in [3.05, 3.63) is 23.5 Å². The van der Waals surface area contributed by atoms with E-state index in [9.17, 15) is 13.2 Å². The van der Waals surface area contributed by atoms with Crippen LogP contribution in [-0.2, 0) is 19.6 Å². The van der Waals surface area contributed by atoms with Gasteiger partial charge in [-0.2, -0.15) is 4.31 Å². The van der Waals surface area contributed by atoms with Crippen molar-refractivity contribution in [2.75, 3.05) is 13.7 Å². The first-order valence-corrected chi connectivity index (χ1v) is 7.57. The average Bonchev–Trinajstić information content (AvgIpc) is 2.84. The fourth-order valence-corrected chi connectivity index (χ4v) is 4.17. The van der Waals surface area contributed by atoms with Gasteiger partial charge in [0.2, 0.25) is 10.0 Å². The maximum Gasteiger partial charge on any atom is 0.322 e. The number of aliphatic carboxylic acids is 1. The number of hydrogen-bond acceptors (Lipinski definition) is 5. The van der Waals surface area contributed by atoms with E-state index in [0.717, 1.165) is 4.31 Å². The number of carboxylic acid groups (broad SMARTS) is 1. The number of methoxy groups -OCH3 is 1. The van der Waals surface area contributed by atoms with E-state index in [4.69, 9.17) is 21.4 Å². The fraction of sp³-hybridized carbons (Fsp3) is 0.455. The van der Waals surface area contributed by atoms with Crippen LogP contribution in [0.25, 0.3) is 0 Å². The largest absolute Gasteiger partial charge is 0.480 e. The molecular formula is C11H13ClN2O5S. The molecule has 2 heterocycles. The van der Waals surface area contributed by atoms with E-state index in [1.54, 1.807) is 0 Å². The molecule has 0 amide bonds. The lowest BCUT2D eigenvalue weighted by atomic mass is 10.2. The topological polar surface area (TPSA) is 96.8 Å². The minimum absolute atomic E-state index is 0.0268. The van der Waals surface area contributed by atoms with Crippen molar-refractivity contribution in [2.24, 2.45) is 0 Å². The standard InChI is InChI=1S/C11H13ClN2O5S/c1-19-7-5-8(11(15)16)14(6-7)20(17,18)9-3-2-4-13-10(9)12/h2-4,7-8H,5-6H2,1H3,(H,15,16). The molecule has 2 rings (SSSR count). The highest BCUT2D eigenvalue weighted by Crippen LogP contribution is 2.30. The zero-order chi connectivity index (χ0) is 14.9. The molecule has 1 N–H and O–H groups in total. The van der Waals surface area contributed by atoms with E-state index in [1.165, 1.54) is 25.4 Å². The number of pyridine rings is 1. The highest BCUT2D eigenvalue weighted by molar-refractivity contribution is 7.89. The monoisotopic (exact) mass is 320 g/mol. The zero-order valence-electron chi connectivity index (χ0n) is 10.6. The van der Waals surface area contributed by atoms with E-state index >= 15 is 0 Å². The summed E-state index contributed by atoms with van der Waals surface area (Å²) in [6.07, 6.45) is 1.00. The minimum atomic E-state index is -4.03. The molecule has 0 radical (unpaired) electrons. The van der Waals surface area contributed by atoms with Crippen molar-refractivity contribution in [1.29, 1.82) is 0 Å². The van der Waals surface area contributed by atoms with Crippen molar-refractivity contribution < 1.29 is 23.1 Å². The fourth-order valence-electron chi connectivity index (χ4n) is 2.12. The second-order valence-corrected chi connectivity index (χ2v) is 6.53. The van der Waals surface area contributed by atoms with E-state index in [1.807, 2.05) is 0 Å². The smallest absolute Gasteiger partial charge is 0.322 e. The summed E-state index contributed by atoms with van der Waals surface area (Å²) in [5.41, 5.74) is 0. The highest BCUT2D eigenvalue weighted by Gasteiger charge is 2.44. The molecule has 0 bridgehead atoms. The van der Waals surface area contributed by atoms with Gasteiger partial charge < -0.3 is 9.84 Å². The van der Waals surface area contributed by atoms with Crippen LogP contribution in [0.1, 0.15) is 6.42 Å². The molecule has 0 aliphatic carbocycles.